The molecule has 0 aliphatic heterocycles. The fourth-order valence-electron chi connectivity index (χ4n) is 2.03. The summed E-state index contributed by atoms with van der Waals surface area (Å²) in [7, 11) is 0. The maximum atomic E-state index is 2.17. The zero-order chi connectivity index (χ0) is 14.3. The Kier molecular flexibility index (Phi) is 4.45. The molecule has 0 amide bonds. The van der Waals surface area contributed by atoms with E-state index in [2.05, 4.69) is 85.0 Å². The highest BCUT2D eigenvalue weighted by Gasteiger charge is 1.94. The molecule has 0 saturated heterocycles. The second-order valence-electron chi connectivity index (χ2n) is 4.73. The van der Waals surface area contributed by atoms with Crippen LogP contribution in [0.4, 0.5) is 0 Å². The van der Waals surface area contributed by atoms with Crippen LogP contribution < -0.4 is 0 Å². The largest absolute Gasteiger partial charge is 0.137 e. The van der Waals surface area contributed by atoms with E-state index in [1.54, 1.807) is 11.3 Å². The average Bonchev–Trinajstić information content (AvgIpc) is 3.01. The number of rotatable bonds is 4. The molecule has 1 aromatic heterocycles. The molecule has 21 heavy (non-hydrogen) atoms. The molecule has 1 heteroatoms. The van der Waals surface area contributed by atoms with Crippen LogP contribution in [-0.4, -0.2) is 0 Å². The van der Waals surface area contributed by atoms with Crippen LogP contribution in [0, 0.1) is 0 Å². The third kappa shape index (κ3) is 4.04. The summed E-state index contributed by atoms with van der Waals surface area (Å²) < 4.78 is 0. The van der Waals surface area contributed by atoms with Gasteiger partial charge in [0.1, 0.15) is 0 Å². The van der Waals surface area contributed by atoms with Gasteiger partial charge in [-0.15, -0.1) is 11.3 Å². The van der Waals surface area contributed by atoms with Crippen molar-refractivity contribution in [2.24, 2.45) is 0 Å². The van der Waals surface area contributed by atoms with Crippen molar-refractivity contribution < 1.29 is 0 Å². The Bertz CT molecular complexity index is 670. The van der Waals surface area contributed by atoms with Gasteiger partial charge < -0.3 is 0 Å². The van der Waals surface area contributed by atoms with Crippen molar-refractivity contribution in [1.82, 2.24) is 0 Å². The summed E-state index contributed by atoms with van der Waals surface area (Å²) in [5.41, 5.74) is 2.46. The van der Waals surface area contributed by atoms with Crippen molar-refractivity contribution in [1.29, 1.82) is 0 Å². The summed E-state index contributed by atoms with van der Waals surface area (Å²) in [4.78, 5) is 2.54. The summed E-state index contributed by atoms with van der Waals surface area (Å²) in [6.45, 7) is 0. The van der Waals surface area contributed by atoms with Crippen LogP contribution in [0.5, 0.6) is 0 Å². The molecule has 3 rings (SSSR count). The van der Waals surface area contributed by atoms with E-state index >= 15 is 0 Å². The number of hydrogen-bond donors (Lipinski definition) is 0. The fourth-order valence-corrected chi connectivity index (χ4v) is 2.85. The van der Waals surface area contributed by atoms with Gasteiger partial charge in [0.2, 0.25) is 0 Å². The first-order valence-corrected chi connectivity index (χ1v) is 7.78. The van der Waals surface area contributed by atoms with Gasteiger partial charge in [0.15, 0.2) is 0 Å². The molecule has 0 fully saturated rings. The molecule has 0 unspecified atom stereocenters. The Morgan fingerprint density at radius 2 is 0.905 bits per heavy atom. The van der Waals surface area contributed by atoms with Crippen molar-refractivity contribution in [2.45, 2.75) is 0 Å². The van der Waals surface area contributed by atoms with Crippen LogP contribution in [0.2, 0.25) is 0 Å². The Morgan fingerprint density at radius 3 is 1.33 bits per heavy atom. The zero-order valence-corrected chi connectivity index (χ0v) is 12.5. The highest BCUT2D eigenvalue weighted by molar-refractivity contribution is 7.13. The van der Waals surface area contributed by atoms with Gasteiger partial charge in [0.05, 0.1) is 0 Å². The lowest BCUT2D eigenvalue weighted by Crippen LogP contribution is -1.67. The quantitative estimate of drug-likeness (QED) is 0.545. The molecule has 0 spiro atoms. The third-order valence-corrected chi connectivity index (χ3v) is 4.14. The van der Waals surface area contributed by atoms with Gasteiger partial charge in [-0.05, 0) is 35.4 Å². The van der Waals surface area contributed by atoms with Crippen molar-refractivity contribution in [3.63, 3.8) is 0 Å². The van der Waals surface area contributed by atoms with Crippen LogP contribution >= 0.6 is 11.3 Å². The number of hydrogen-bond acceptors (Lipinski definition) is 1. The molecule has 3 aromatic rings. The van der Waals surface area contributed by atoms with Crippen LogP contribution in [0.3, 0.4) is 0 Å². The highest BCUT2D eigenvalue weighted by Crippen LogP contribution is 2.21. The minimum absolute atomic E-state index is 1.23. The van der Waals surface area contributed by atoms with Crippen LogP contribution in [0.15, 0.2) is 72.8 Å². The van der Waals surface area contributed by atoms with Crippen molar-refractivity contribution in [3.05, 3.63) is 93.7 Å². The average molecular weight is 288 g/mol. The van der Waals surface area contributed by atoms with Gasteiger partial charge in [0, 0.05) is 9.75 Å². The van der Waals surface area contributed by atoms with Gasteiger partial charge in [-0.3, -0.25) is 0 Å². The standard InChI is InChI=1S/C20H16S/c1-3-7-17(8-4-1)11-13-19-15-16-20(21-19)14-12-18-9-5-2-6-10-18/h1-16H/b13-11-,14-12+. The fraction of sp³-hybridized carbons (Fsp3) is 0. The van der Waals surface area contributed by atoms with E-state index < -0.39 is 0 Å². The first kappa shape index (κ1) is 13.6. The normalized spacial score (nSPS) is 11.4. The van der Waals surface area contributed by atoms with Crippen molar-refractivity contribution >= 4 is 35.6 Å². The summed E-state index contributed by atoms with van der Waals surface area (Å²) in [5, 5.41) is 0. The molecule has 0 N–H and O–H groups in total. The molecule has 1 heterocycles. The maximum Gasteiger partial charge on any atom is 0.0276 e. The molecular weight excluding hydrogens is 272 g/mol. The van der Waals surface area contributed by atoms with Crippen molar-refractivity contribution in [3.8, 4) is 0 Å². The van der Waals surface area contributed by atoms with E-state index in [1.807, 2.05) is 12.1 Å². The zero-order valence-electron chi connectivity index (χ0n) is 11.6. The van der Waals surface area contributed by atoms with Gasteiger partial charge in [-0.25, -0.2) is 0 Å². The minimum atomic E-state index is 1.23. The molecule has 0 aliphatic carbocycles. The summed E-state index contributed by atoms with van der Waals surface area (Å²) >= 11 is 1.80. The van der Waals surface area contributed by atoms with E-state index in [4.69, 9.17) is 0 Å². The molecule has 0 bridgehead atoms. The van der Waals surface area contributed by atoms with E-state index in [9.17, 15) is 0 Å². The molecule has 2 aromatic carbocycles. The lowest BCUT2D eigenvalue weighted by atomic mass is 10.2. The van der Waals surface area contributed by atoms with E-state index in [0.717, 1.165) is 0 Å². The lowest BCUT2D eigenvalue weighted by molar-refractivity contribution is 1.67. The second kappa shape index (κ2) is 6.87. The SMILES string of the molecule is C(=C/c1ccc(/C=C/c2ccccc2)s1)/c1ccccc1. The predicted octanol–water partition coefficient (Wildman–Crippen LogP) is 6.09. The second-order valence-corrected chi connectivity index (χ2v) is 5.88. The molecule has 0 radical (unpaired) electrons. The van der Waals surface area contributed by atoms with Gasteiger partial charge >= 0.3 is 0 Å². The van der Waals surface area contributed by atoms with E-state index in [1.165, 1.54) is 20.9 Å². The Labute approximate surface area is 129 Å². The van der Waals surface area contributed by atoms with Crippen LogP contribution in [0.1, 0.15) is 20.9 Å². The topological polar surface area (TPSA) is 0 Å². The third-order valence-electron chi connectivity index (χ3n) is 3.13. The Balaban J connectivity index is 1.69. The van der Waals surface area contributed by atoms with Gasteiger partial charge in [-0.1, -0.05) is 72.8 Å². The Hall–Kier alpha value is -2.38. The van der Waals surface area contributed by atoms with E-state index in [0.29, 0.717) is 0 Å². The molecule has 0 nitrogen and oxygen atoms in total. The summed E-state index contributed by atoms with van der Waals surface area (Å²) in [6, 6.07) is 25.1. The monoisotopic (exact) mass is 288 g/mol. The first-order valence-electron chi connectivity index (χ1n) is 6.96. The molecule has 0 saturated carbocycles. The predicted molar refractivity (Wildman–Crippen MR) is 95.1 cm³/mol. The van der Waals surface area contributed by atoms with Gasteiger partial charge in [0.25, 0.3) is 0 Å². The summed E-state index contributed by atoms with van der Waals surface area (Å²) in [5.74, 6) is 0. The highest BCUT2D eigenvalue weighted by atomic mass is 32.1. The van der Waals surface area contributed by atoms with Crippen LogP contribution in [-0.2, 0) is 0 Å². The number of benzene rings is 2. The summed E-state index contributed by atoms with van der Waals surface area (Å²) in [6.07, 6.45) is 8.63. The molecule has 0 aliphatic rings. The minimum Gasteiger partial charge on any atom is -0.137 e. The first-order chi connectivity index (χ1) is 10.4. The van der Waals surface area contributed by atoms with Crippen LogP contribution in [0.25, 0.3) is 24.3 Å². The van der Waals surface area contributed by atoms with E-state index in [-0.39, 0.29) is 0 Å². The molecule has 102 valence electrons. The smallest absolute Gasteiger partial charge is 0.0276 e. The maximum absolute atomic E-state index is 2.17. The number of thiophene rings is 1. The van der Waals surface area contributed by atoms with Gasteiger partial charge in [-0.2, -0.15) is 0 Å². The lowest BCUT2D eigenvalue weighted by Gasteiger charge is -1.91. The molecule has 0 atom stereocenters. The Morgan fingerprint density at radius 1 is 0.476 bits per heavy atom. The molecular formula is C20H16S. The van der Waals surface area contributed by atoms with Crippen molar-refractivity contribution in [2.75, 3.05) is 0 Å².